The second-order valence-corrected chi connectivity index (χ2v) is 7.43. The lowest BCUT2D eigenvalue weighted by molar-refractivity contribution is -0.885. The normalized spacial score (nSPS) is 14.8. The molecular weight excluding hydrogens is 318 g/mol. The van der Waals surface area contributed by atoms with Crippen molar-refractivity contribution < 1.29 is 9.69 Å². The molecule has 1 amide bonds. The lowest BCUT2D eigenvalue weighted by atomic mass is 10.2. The fourth-order valence-electron chi connectivity index (χ4n) is 3.27. The number of carbonyl (C=O) groups is 1. The quantitative estimate of drug-likeness (QED) is 0.789. The third-order valence-corrected chi connectivity index (χ3v) is 5.47. The Morgan fingerprint density at radius 3 is 2.88 bits per heavy atom. The maximum Gasteiger partial charge on any atom is 0.282 e. The summed E-state index contributed by atoms with van der Waals surface area (Å²) in [5, 5.41) is 1.09. The van der Waals surface area contributed by atoms with Gasteiger partial charge in [-0.1, -0.05) is 30.3 Å². The van der Waals surface area contributed by atoms with E-state index in [0.717, 1.165) is 35.7 Å². The van der Waals surface area contributed by atoms with E-state index < -0.39 is 0 Å². The number of likely N-dealkylation sites (N-methyl/N-ethyl adjacent to an activating group) is 1. The number of hydrogen-bond donors (Lipinski definition) is 1. The summed E-state index contributed by atoms with van der Waals surface area (Å²) in [6.07, 6.45) is 0.957. The maximum atomic E-state index is 12.7. The topological polar surface area (TPSA) is 37.6 Å². The van der Waals surface area contributed by atoms with Crippen molar-refractivity contribution in [2.45, 2.75) is 13.0 Å². The first-order valence-corrected chi connectivity index (χ1v) is 9.06. The Hall–Kier alpha value is -2.24. The lowest BCUT2D eigenvalue weighted by Crippen LogP contribution is -3.08. The molecule has 0 bridgehead atoms. The highest BCUT2D eigenvalue weighted by Gasteiger charge is 2.26. The van der Waals surface area contributed by atoms with E-state index in [9.17, 15) is 4.79 Å². The number of thiazole rings is 1. The maximum absolute atomic E-state index is 12.7. The molecule has 0 fully saturated rings. The predicted molar refractivity (Wildman–Crippen MR) is 97.6 cm³/mol. The molecule has 1 N–H and O–H groups in total. The van der Waals surface area contributed by atoms with Crippen LogP contribution in [0.25, 0.3) is 10.2 Å². The van der Waals surface area contributed by atoms with E-state index in [1.165, 1.54) is 15.2 Å². The van der Waals surface area contributed by atoms with Gasteiger partial charge in [-0.15, -0.1) is 11.3 Å². The average Bonchev–Trinajstić information content (AvgIpc) is 3.17. The van der Waals surface area contributed by atoms with Gasteiger partial charge in [-0.05, 0) is 30.2 Å². The predicted octanol–water partition coefficient (Wildman–Crippen LogP) is 1.90. The minimum Gasteiger partial charge on any atom is -0.324 e. The van der Waals surface area contributed by atoms with E-state index in [0.29, 0.717) is 6.54 Å². The third kappa shape index (κ3) is 2.92. The van der Waals surface area contributed by atoms with E-state index in [4.69, 9.17) is 0 Å². The van der Waals surface area contributed by atoms with Crippen molar-refractivity contribution in [2.24, 2.45) is 0 Å². The Kier molecular flexibility index (Phi) is 4.04. The van der Waals surface area contributed by atoms with E-state index in [2.05, 4.69) is 24.2 Å². The zero-order chi connectivity index (χ0) is 16.5. The first-order chi connectivity index (χ1) is 11.7. The molecule has 1 aromatic heterocycles. The number of amides is 1. The number of hydrogen-bond acceptors (Lipinski definition) is 3. The molecule has 2 aromatic carbocycles. The third-order valence-electron chi connectivity index (χ3n) is 4.43. The number of fused-ring (bicyclic) bond motifs is 2. The van der Waals surface area contributed by atoms with Crippen molar-refractivity contribution in [1.82, 2.24) is 4.98 Å². The Bertz CT molecular complexity index is 856. The number of para-hydroxylation sites is 2. The van der Waals surface area contributed by atoms with Gasteiger partial charge in [-0.25, -0.2) is 4.98 Å². The summed E-state index contributed by atoms with van der Waals surface area (Å²) in [7, 11) is 2.06. The fourth-order valence-corrected chi connectivity index (χ4v) is 4.35. The Labute approximate surface area is 145 Å². The largest absolute Gasteiger partial charge is 0.324 e. The van der Waals surface area contributed by atoms with Crippen LogP contribution in [0.4, 0.5) is 5.69 Å². The molecule has 0 aliphatic carbocycles. The van der Waals surface area contributed by atoms with Crippen LogP contribution in [0.5, 0.6) is 0 Å². The molecule has 0 spiro atoms. The van der Waals surface area contributed by atoms with Crippen molar-refractivity contribution in [1.29, 1.82) is 0 Å². The van der Waals surface area contributed by atoms with Gasteiger partial charge in [-0.2, -0.15) is 0 Å². The molecule has 3 aromatic rings. The van der Waals surface area contributed by atoms with Crippen LogP contribution in [0.3, 0.4) is 0 Å². The van der Waals surface area contributed by atoms with Crippen molar-refractivity contribution in [3.05, 3.63) is 59.1 Å². The molecule has 5 heteroatoms. The van der Waals surface area contributed by atoms with E-state index in [1.54, 1.807) is 11.3 Å². The Morgan fingerprint density at radius 1 is 1.21 bits per heavy atom. The lowest BCUT2D eigenvalue weighted by Gasteiger charge is -2.19. The number of anilines is 1. The monoisotopic (exact) mass is 338 g/mol. The van der Waals surface area contributed by atoms with Crippen molar-refractivity contribution in [3.8, 4) is 0 Å². The van der Waals surface area contributed by atoms with Crippen molar-refractivity contribution in [2.75, 3.05) is 25.0 Å². The Balaban J connectivity index is 1.42. The standard InChI is InChI=1S/C19H19N3OS/c1-21(12-18-20-15-7-3-5-9-17(15)24-18)13-19(23)22-11-10-14-6-2-4-8-16(14)22/h2-9H,10-13H2,1H3/p+1. The summed E-state index contributed by atoms with van der Waals surface area (Å²) in [6.45, 7) is 2.07. The van der Waals surface area contributed by atoms with Crippen LogP contribution >= 0.6 is 11.3 Å². The van der Waals surface area contributed by atoms with Crippen molar-refractivity contribution in [3.63, 3.8) is 0 Å². The summed E-state index contributed by atoms with van der Waals surface area (Å²) in [5.41, 5.74) is 3.40. The van der Waals surface area contributed by atoms with Crippen LogP contribution in [-0.2, 0) is 17.8 Å². The Morgan fingerprint density at radius 2 is 2.00 bits per heavy atom. The minimum absolute atomic E-state index is 0.193. The number of benzene rings is 2. The van der Waals surface area contributed by atoms with E-state index >= 15 is 0 Å². The molecule has 0 saturated heterocycles. The van der Waals surface area contributed by atoms with Gasteiger partial charge < -0.3 is 9.80 Å². The molecule has 0 saturated carbocycles. The van der Waals surface area contributed by atoms with Crippen LogP contribution in [0.15, 0.2) is 48.5 Å². The molecule has 1 aliphatic heterocycles. The molecule has 122 valence electrons. The molecule has 1 atom stereocenters. The number of carbonyl (C=O) groups excluding carboxylic acids is 1. The second-order valence-electron chi connectivity index (χ2n) is 6.31. The van der Waals surface area contributed by atoms with Crippen LogP contribution in [0, 0.1) is 0 Å². The van der Waals surface area contributed by atoms with Gasteiger partial charge in [0.05, 0.1) is 17.3 Å². The van der Waals surface area contributed by atoms with Crippen LogP contribution in [0.1, 0.15) is 10.6 Å². The molecule has 4 rings (SSSR count). The molecular formula is C19H20N3OS+. The minimum atomic E-state index is 0.193. The highest BCUT2D eigenvalue weighted by atomic mass is 32.1. The van der Waals surface area contributed by atoms with Gasteiger partial charge in [0, 0.05) is 12.2 Å². The van der Waals surface area contributed by atoms with Crippen LogP contribution in [-0.4, -0.2) is 31.0 Å². The zero-order valence-electron chi connectivity index (χ0n) is 13.7. The van der Waals surface area contributed by atoms with Gasteiger partial charge in [0.1, 0.15) is 11.6 Å². The smallest absolute Gasteiger partial charge is 0.282 e. The molecule has 1 unspecified atom stereocenters. The average molecular weight is 338 g/mol. The molecule has 1 aliphatic rings. The molecule has 4 nitrogen and oxygen atoms in total. The number of nitrogens with zero attached hydrogens (tertiary/aromatic N) is 2. The van der Waals surface area contributed by atoms with Crippen molar-refractivity contribution >= 4 is 33.1 Å². The molecule has 24 heavy (non-hydrogen) atoms. The van der Waals surface area contributed by atoms with E-state index in [1.807, 2.05) is 41.3 Å². The highest BCUT2D eigenvalue weighted by molar-refractivity contribution is 7.18. The summed E-state index contributed by atoms with van der Waals surface area (Å²) in [4.78, 5) is 20.4. The number of quaternary nitrogens is 1. The summed E-state index contributed by atoms with van der Waals surface area (Å²) >= 11 is 1.72. The zero-order valence-corrected chi connectivity index (χ0v) is 14.5. The number of nitrogens with one attached hydrogen (secondary N) is 1. The van der Waals surface area contributed by atoms with Crippen LogP contribution < -0.4 is 9.80 Å². The SMILES string of the molecule is C[NH+](CC(=O)N1CCc2ccccc21)Cc1nc2ccccc2s1. The second kappa shape index (κ2) is 6.34. The first kappa shape index (κ1) is 15.3. The van der Waals surface area contributed by atoms with Gasteiger partial charge in [0.15, 0.2) is 6.54 Å². The van der Waals surface area contributed by atoms with Gasteiger partial charge >= 0.3 is 0 Å². The molecule has 2 heterocycles. The summed E-state index contributed by atoms with van der Waals surface area (Å²) in [5.74, 6) is 0.193. The van der Waals surface area contributed by atoms with E-state index in [-0.39, 0.29) is 5.91 Å². The first-order valence-electron chi connectivity index (χ1n) is 8.25. The fraction of sp³-hybridized carbons (Fsp3) is 0.263. The summed E-state index contributed by atoms with van der Waals surface area (Å²) in [6, 6.07) is 16.4. The van der Waals surface area contributed by atoms with Gasteiger partial charge in [0.2, 0.25) is 0 Å². The molecule has 0 radical (unpaired) electrons. The van der Waals surface area contributed by atoms with Gasteiger partial charge in [0.25, 0.3) is 5.91 Å². The summed E-state index contributed by atoms with van der Waals surface area (Å²) < 4.78 is 1.21. The number of aromatic nitrogens is 1. The van der Waals surface area contributed by atoms with Gasteiger partial charge in [-0.3, -0.25) is 4.79 Å². The highest BCUT2D eigenvalue weighted by Crippen LogP contribution is 2.27. The van der Waals surface area contributed by atoms with Crippen LogP contribution in [0.2, 0.25) is 0 Å². The number of rotatable bonds is 4.